The Morgan fingerprint density at radius 3 is 2.56 bits per heavy atom. The average Bonchev–Trinajstić information content (AvgIpc) is 2.54. The number of hydrogen-bond donors (Lipinski definition) is 2. The van der Waals surface area contributed by atoms with E-state index in [0.717, 1.165) is 27.6 Å². The van der Waals surface area contributed by atoms with Gasteiger partial charge in [-0.15, -0.1) is 0 Å². The number of nitrogen functional groups attached to an aromatic ring is 1. The van der Waals surface area contributed by atoms with Crippen molar-refractivity contribution in [2.75, 3.05) is 11.1 Å². The molecule has 0 bridgehead atoms. The molecule has 0 saturated carbocycles. The van der Waals surface area contributed by atoms with Crippen molar-refractivity contribution in [2.24, 2.45) is 5.41 Å². The van der Waals surface area contributed by atoms with E-state index < -0.39 is 5.41 Å². The third kappa shape index (κ3) is 3.45. The van der Waals surface area contributed by atoms with Crippen LogP contribution in [0.15, 0.2) is 42.6 Å². The Labute approximate surface area is 147 Å². The molecule has 128 valence electrons. The van der Waals surface area contributed by atoms with Crippen LogP contribution < -0.4 is 11.1 Å². The van der Waals surface area contributed by atoms with Gasteiger partial charge in [0.2, 0.25) is 5.91 Å². The number of nitrogens with zero attached hydrogens (tertiary/aromatic N) is 2. The van der Waals surface area contributed by atoms with Gasteiger partial charge in [0.15, 0.2) is 0 Å². The molecule has 5 heteroatoms. The Morgan fingerprint density at radius 1 is 1.16 bits per heavy atom. The second-order valence-electron chi connectivity index (χ2n) is 7.20. The lowest BCUT2D eigenvalue weighted by Crippen LogP contribution is -2.27. The molecule has 2 aromatic heterocycles. The van der Waals surface area contributed by atoms with E-state index in [4.69, 9.17) is 5.73 Å². The van der Waals surface area contributed by atoms with Gasteiger partial charge in [0.25, 0.3) is 0 Å². The highest BCUT2D eigenvalue weighted by molar-refractivity contribution is 5.98. The molecular weight excluding hydrogens is 312 g/mol. The van der Waals surface area contributed by atoms with Crippen molar-refractivity contribution < 1.29 is 4.79 Å². The molecule has 0 spiro atoms. The summed E-state index contributed by atoms with van der Waals surface area (Å²) in [6.07, 6.45) is 1.65. The minimum atomic E-state index is -0.486. The molecule has 0 radical (unpaired) electrons. The Balaban J connectivity index is 2.07. The summed E-state index contributed by atoms with van der Waals surface area (Å²) < 4.78 is 0. The molecule has 0 unspecified atom stereocenters. The monoisotopic (exact) mass is 334 g/mol. The first kappa shape index (κ1) is 16.9. The Hall–Kier alpha value is -2.95. The third-order valence-electron chi connectivity index (χ3n) is 4.09. The lowest BCUT2D eigenvalue weighted by molar-refractivity contribution is -0.123. The van der Waals surface area contributed by atoms with E-state index in [1.807, 2.05) is 64.1 Å². The molecule has 1 amide bonds. The molecule has 0 aliphatic carbocycles. The maximum Gasteiger partial charge on any atom is 0.230 e. The van der Waals surface area contributed by atoms with E-state index in [-0.39, 0.29) is 5.91 Å². The predicted molar refractivity (Wildman–Crippen MR) is 102 cm³/mol. The summed E-state index contributed by atoms with van der Waals surface area (Å²) in [5, 5.41) is 4.52. The summed E-state index contributed by atoms with van der Waals surface area (Å²) in [5.41, 5.74) is 8.61. The van der Waals surface area contributed by atoms with Gasteiger partial charge in [-0.25, -0.2) is 9.97 Å². The van der Waals surface area contributed by atoms with Gasteiger partial charge < -0.3 is 11.1 Å². The predicted octanol–water partition coefficient (Wildman–Crippen LogP) is 4.17. The number of pyridine rings is 2. The van der Waals surface area contributed by atoms with Gasteiger partial charge in [-0.05, 0) is 30.0 Å². The van der Waals surface area contributed by atoms with E-state index in [9.17, 15) is 4.79 Å². The van der Waals surface area contributed by atoms with E-state index in [2.05, 4.69) is 15.3 Å². The van der Waals surface area contributed by atoms with Crippen LogP contribution in [0, 0.1) is 12.3 Å². The number of rotatable bonds is 2. The fraction of sp³-hybridized carbons (Fsp3) is 0.250. The molecule has 3 rings (SSSR count). The fourth-order valence-electron chi connectivity index (χ4n) is 2.54. The molecule has 0 fully saturated rings. The Kier molecular flexibility index (Phi) is 4.17. The molecule has 3 aromatic rings. The number of hydrogen-bond acceptors (Lipinski definition) is 4. The minimum Gasteiger partial charge on any atom is -0.383 e. The zero-order valence-corrected chi connectivity index (χ0v) is 14.9. The van der Waals surface area contributed by atoms with Gasteiger partial charge in [-0.2, -0.15) is 0 Å². The first-order chi connectivity index (χ1) is 11.8. The van der Waals surface area contributed by atoms with Crippen LogP contribution in [0.5, 0.6) is 0 Å². The van der Waals surface area contributed by atoms with Gasteiger partial charge in [0.1, 0.15) is 11.6 Å². The summed E-state index contributed by atoms with van der Waals surface area (Å²) in [6.45, 7) is 7.63. The maximum atomic E-state index is 12.2. The molecular formula is C20H22N4O. The maximum absolute atomic E-state index is 12.2. The third-order valence-corrected chi connectivity index (χ3v) is 4.09. The second kappa shape index (κ2) is 6.16. The standard InChI is InChI=1S/C20H22N4O/c1-12-7-5-6-8-14(12)16-9-13-10-17(24-19(25)20(2,3)4)22-11-15(13)18(21)23-16/h5-11H,1-4H3,(H2,21,23)(H,22,24,25). The molecule has 0 aliphatic rings. The van der Waals surface area contributed by atoms with Crippen molar-refractivity contribution in [3.05, 3.63) is 48.2 Å². The number of amides is 1. The first-order valence-corrected chi connectivity index (χ1v) is 8.19. The highest BCUT2D eigenvalue weighted by atomic mass is 16.2. The summed E-state index contributed by atoms with van der Waals surface area (Å²) in [5.74, 6) is 0.853. The lowest BCUT2D eigenvalue weighted by Gasteiger charge is -2.17. The zero-order valence-electron chi connectivity index (χ0n) is 14.9. The van der Waals surface area contributed by atoms with Crippen molar-refractivity contribution in [2.45, 2.75) is 27.7 Å². The highest BCUT2D eigenvalue weighted by Crippen LogP contribution is 2.29. The summed E-state index contributed by atoms with van der Waals surface area (Å²) in [4.78, 5) is 21.0. The van der Waals surface area contributed by atoms with Crippen LogP contribution >= 0.6 is 0 Å². The quantitative estimate of drug-likeness (QED) is 0.737. The molecule has 0 aliphatic heterocycles. The first-order valence-electron chi connectivity index (χ1n) is 8.19. The topological polar surface area (TPSA) is 80.9 Å². The van der Waals surface area contributed by atoms with Crippen molar-refractivity contribution >= 4 is 28.3 Å². The molecule has 0 saturated heterocycles. The van der Waals surface area contributed by atoms with Crippen molar-refractivity contribution in [1.82, 2.24) is 9.97 Å². The zero-order chi connectivity index (χ0) is 18.2. The number of carbonyl (C=O) groups is 1. The Bertz CT molecular complexity index is 958. The molecule has 2 heterocycles. The summed E-state index contributed by atoms with van der Waals surface area (Å²) in [6, 6.07) is 11.8. The molecule has 3 N–H and O–H groups in total. The number of benzene rings is 1. The largest absolute Gasteiger partial charge is 0.383 e. The van der Waals surface area contributed by atoms with Gasteiger partial charge >= 0.3 is 0 Å². The van der Waals surface area contributed by atoms with Gasteiger partial charge in [-0.3, -0.25) is 4.79 Å². The van der Waals surface area contributed by atoms with Crippen molar-refractivity contribution in [3.8, 4) is 11.3 Å². The van der Waals surface area contributed by atoms with E-state index in [1.54, 1.807) is 6.20 Å². The van der Waals surface area contributed by atoms with Gasteiger partial charge in [-0.1, -0.05) is 45.0 Å². The second-order valence-corrected chi connectivity index (χ2v) is 7.20. The van der Waals surface area contributed by atoms with Crippen LogP contribution in [0.4, 0.5) is 11.6 Å². The smallest absolute Gasteiger partial charge is 0.230 e. The molecule has 5 nitrogen and oxygen atoms in total. The van der Waals surface area contributed by atoms with Crippen LogP contribution in [0.2, 0.25) is 0 Å². The summed E-state index contributed by atoms with van der Waals surface area (Å²) >= 11 is 0. The number of fused-ring (bicyclic) bond motifs is 1. The van der Waals surface area contributed by atoms with E-state index >= 15 is 0 Å². The number of nitrogens with two attached hydrogens (primary N) is 1. The normalized spacial score (nSPS) is 11.5. The molecule has 25 heavy (non-hydrogen) atoms. The van der Waals surface area contributed by atoms with E-state index in [0.29, 0.717) is 11.6 Å². The van der Waals surface area contributed by atoms with Crippen LogP contribution in [-0.2, 0) is 4.79 Å². The van der Waals surface area contributed by atoms with Crippen LogP contribution in [0.1, 0.15) is 26.3 Å². The summed E-state index contributed by atoms with van der Waals surface area (Å²) in [7, 11) is 0. The van der Waals surface area contributed by atoms with Crippen molar-refractivity contribution in [1.29, 1.82) is 0 Å². The highest BCUT2D eigenvalue weighted by Gasteiger charge is 2.21. The molecule has 0 atom stereocenters. The van der Waals surface area contributed by atoms with Gasteiger partial charge in [0, 0.05) is 22.6 Å². The van der Waals surface area contributed by atoms with Crippen LogP contribution in [0.25, 0.3) is 22.0 Å². The number of nitrogens with one attached hydrogen (secondary N) is 1. The minimum absolute atomic E-state index is 0.0829. The number of anilines is 2. The van der Waals surface area contributed by atoms with Crippen LogP contribution in [-0.4, -0.2) is 15.9 Å². The Morgan fingerprint density at radius 2 is 1.88 bits per heavy atom. The van der Waals surface area contributed by atoms with Crippen molar-refractivity contribution in [3.63, 3.8) is 0 Å². The average molecular weight is 334 g/mol. The fourth-order valence-corrected chi connectivity index (χ4v) is 2.54. The number of aromatic nitrogens is 2. The van der Waals surface area contributed by atoms with Gasteiger partial charge in [0.05, 0.1) is 5.69 Å². The number of aryl methyl sites for hydroxylation is 1. The number of carbonyl (C=O) groups excluding carboxylic acids is 1. The lowest BCUT2D eigenvalue weighted by atomic mass is 9.96. The van der Waals surface area contributed by atoms with E-state index in [1.165, 1.54) is 0 Å². The van der Waals surface area contributed by atoms with Crippen LogP contribution in [0.3, 0.4) is 0 Å². The molecule has 1 aromatic carbocycles. The SMILES string of the molecule is Cc1ccccc1-c1cc2cc(NC(=O)C(C)(C)C)ncc2c(N)n1.